The molecule has 1 amide bonds. The number of nitrogens with one attached hydrogen (secondary N) is 1. The van der Waals surface area contributed by atoms with Gasteiger partial charge < -0.3 is 5.32 Å². The van der Waals surface area contributed by atoms with E-state index in [1.54, 1.807) is 22.7 Å². The van der Waals surface area contributed by atoms with Crippen molar-refractivity contribution >= 4 is 44.7 Å². The quantitative estimate of drug-likeness (QED) is 0.461. The Bertz CT molecular complexity index is 1510. The molecule has 0 radical (unpaired) electrons. The largest absolute Gasteiger partial charge is 0.516 e. The molecule has 0 saturated heterocycles. The van der Waals surface area contributed by atoms with E-state index >= 15 is 0 Å². The number of alkyl halides is 3. The van der Waals surface area contributed by atoms with Crippen LogP contribution in [0.3, 0.4) is 0 Å². The Morgan fingerprint density at radius 3 is 2.54 bits per heavy atom. The molecule has 0 aliphatic carbocycles. The van der Waals surface area contributed by atoms with E-state index in [1.165, 1.54) is 12.1 Å². The molecule has 2 aromatic heterocycles. The molecule has 0 unspecified atom stereocenters. The number of sulfonamides is 1. The van der Waals surface area contributed by atoms with Crippen LogP contribution in [0, 0.1) is 5.82 Å². The van der Waals surface area contributed by atoms with Gasteiger partial charge in [0.15, 0.2) is 0 Å². The molecule has 1 aromatic carbocycles. The predicted molar refractivity (Wildman–Crippen MR) is 129 cm³/mol. The van der Waals surface area contributed by atoms with Crippen LogP contribution in [0.1, 0.15) is 35.6 Å². The Labute approximate surface area is 214 Å². The van der Waals surface area contributed by atoms with Crippen molar-refractivity contribution in [3.05, 3.63) is 64.3 Å². The van der Waals surface area contributed by atoms with E-state index in [0.29, 0.717) is 34.0 Å². The minimum atomic E-state index is -5.60. The second-order valence-corrected chi connectivity index (χ2v) is 10.4. The molecular formula is C22H21ClF4N6O3S. The number of anilines is 1. The van der Waals surface area contributed by atoms with Crippen LogP contribution in [0.5, 0.6) is 0 Å². The first kappa shape index (κ1) is 26.7. The second kappa shape index (κ2) is 9.82. The third-order valence-electron chi connectivity index (χ3n) is 5.67. The molecule has 0 fully saturated rings. The van der Waals surface area contributed by atoms with Crippen molar-refractivity contribution in [2.75, 3.05) is 18.1 Å². The number of fused-ring (bicyclic) bond motifs is 1. The molecule has 198 valence electrons. The van der Waals surface area contributed by atoms with Gasteiger partial charge in [0.25, 0.3) is 5.91 Å². The summed E-state index contributed by atoms with van der Waals surface area (Å²) in [7, 11) is -5.60. The Morgan fingerprint density at radius 2 is 1.92 bits per heavy atom. The first-order chi connectivity index (χ1) is 17.3. The fraction of sp³-hybridized carbons (Fsp3) is 0.318. The summed E-state index contributed by atoms with van der Waals surface area (Å²) in [5.74, 6) is -1.62. The van der Waals surface area contributed by atoms with Crippen LogP contribution >= 0.6 is 11.6 Å². The molecule has 1 N–H and O–H groups in total. The van der Waals surface area contributed by atoms with Crippen LogP contribution in [-0.2, 0) is 23.0 Å². The number of hydrogen-bond donors (Lipinski definition) is 1. The number of hydrazone groups is 1. The molecule has 4 rings (SSSR count). The summed E-state index contributed by atoms with van der Waals surface area (Å²) < 4.78 is 78.6. The number of benzene rings is 1. The van der Waals surface area contributed by atoms with Crippen molar-refractivity contribution in [2.24, 2.45) is 5.10 Å². The maximum atomic E-state index is 14.9. The van der Waals surface area contributed by atoms with Crippen molar-refractivity contribution < 1.29 is 30.8 Å². The third-order valence-corrected chi connectivity index (χ3v) is 7.51. The van der Waals surface area contributed by atoms with Gasteiger partial charge in [-0.15, -0.1) is 0 Å². The van der Waals surface area contributed by atoms with E-state index < -0.39 is 39.6 Å². The standard InChI is InChI=1S/C22H21ClF4N6O3S/c1-3-17-20(31-12-15(23)5-7-19(31)29-17)21(34)28-11-14-4-6-18(16(24)10-14)32-8-9-33(13(2)30-32)37(35,36)22(25,26)27/h4-7,10,12H,3,8-9,11H2,1-2H3,(H,28,34). The van der Waals surface area contributed by atoms with Crippen LogP contribution in [0.25, 0.3) is 5.65 Å². The van der Waals surface area contributed by atoms with E-state index in [0.717, 1.165) is 18.0 Å². The van der Waals surface area contributed by atoms with Crippen LogP contribution in [0.2, 0.25) is 5.02 Å². The van der Waals surface area contributed by atoms with Gasteiger partial charge in [-0.1, -0.05) is 24.6 Å². The lowest BCUT2D eigenvalue weighted by atomic mass is 10.1. The average molecular weight is 561 g/mol. The Balaban J connectivity index is 1.50. The zero-order valence-electron chi connectivity index (χ0n) is 19.6. The zero-order chi connectivity index (χ0) is 27.1. The molecular weight excluding hydrogens is 540 g/mol. The fourth-order valence-corrected chi connectivity index (χ4v) is 5.02. The molecule has 1 aliphatic heterocycles. The van der Waals surface area contributed by atoms with Gasteiger partial charge in [-0.05, 0) is 43.2 Å². The lowest BCUT2D eigenvalue weighted by Crippen LogP contribution is -2.50. The first-order valence-electron chi connectivity index (χ1n) is 11.0. The highest BCUT2D eigenvalue weighted by Crippen LogP contribution is 2.30. The van der Waals surface area contributed by atoms with Crippen molar-refractivity contribution in [3.63, 3.8) is 0 Å². The first-order valence-corrected chi connectivity index (χ1v) is 12.8. The summed E-state index contributed by atoms with van der Waals surface area (Å²) in [5, 5.41) is 8.07. The van der Waals surface area contributed by atoms with Crippen molar-refractivity contribution in [2.45, 2.75) is 32.3 Å². The highest BCUT2D eigenvalue weighted by molar-refractivity contribution is 7.90. The molecule has 15 heteroatoms. The third kappa shape index (κ3) is 5.07. The summed E-state index contributed by atoms with van der Waals surface area (Å²) in [4.78, 5) is 17.4. The number of amides is 1. The number of carbonyl (C=O) groups is 1. The predicted octanol–water partition coefficient (Wildman–Crippen LogP) is 3.92. The lowest BCUT2D eigenvalue weighted by Gasteiger charge is -2.33. The number of aryl methyl sites for hydroxylation is 1. The number of imidazole rings is 1. The van der Waals surface area contributed by atoms with Gasteiger partial charge in [-0.25, -0.2) is 13.7 Å². The number of nitrogens with zero attached hydrogens (tertiary/aromatic N) is 5. The molecule has 1 aliphatic rings. The fourth-order valence-electron chi connectivity index (χ4n) is 3.91. The van der Waals surface area contributed by atoms with E-state index in [4.69, 9.17) is 11.6 Å². The van der Waals surface area contributed by atoms with E-state index in [-0.39, 0.29) is 23.1 Å². The maximum absolute atomic E-state index is 14.9. The number of hydrogen-bond acceptors (Lipinski definition) is 6. The molecule has 0 spiro atoms. The van der Waals surface area contributed by atoms with E-state index in [9.17, 15) is 30.8 Å². The molecule has 3 aromatic rings. The molecule has 0 saturated carbocycles. The summed E-state index contributed by atoms with van der Waals surface area (Å²) in [5.41, 5.74) is -3.67. The van der Waals surface area contributed by atoms with Gasteiger partial charge in [0, 0.05) is 12.7 Å². The smallest absolute Gasteiger partial charge is 0.347 e. The van der Waals surface area contributed by atoms with Gasteiger partial charge in [-0.2, -0.15) is 26.7 Å². The normalized spacial score (nSPS) is 14.7. The van der Waals surface area contributed by atoms with Crippen molar-refractivity contribution in [3.8, 4) is 0 Å². The molecule has 9 nitrogen and oxygen atoms in total. The molecule has 0 atom stereocenters. The summed E-state index contributed by atoms with van der Waals surface area (Å²) in [6.45, 7) is 2.08. The van der Waals surface area contributed by atoms with Crippen LogP contribution in [-0.4, -0.2) is 52.4 Å². The lowest BCUT2D eigenvalue weighted by molar-refractivity contribution is -0.0473. The minimum Gasteiger partial charge on any atom is -0.347 e. The Kier molecular flexibility index (Phi) is 7.08. The Hall–Kier alpha value is -3.39. The molecule has 37 heavy (non-hydrogen) atoms. The van der Waals surface area contributed by atoms with Gasteiger partial charge in [0.2, 0.25) is 0 Å². The minimum absolute atomic E-state index is 0.0209. The van der Waals surface area contributed by atoms with Gasteiger partial charge >= 0.3 is 15.5 Å². The SMILES string of the molecule is CCc1nc2ccc(Cl)cn2c1C(=O)NCc1ccc(N2CCN(S(=O)(=O)C(F)(F)F)C(C)=N2)c(F)c1. The Morgan fingerprint density at radius 1 is 1.19 bits per heavy atom. The summed E-state index contributed by atoms with van der Waals surface area (Å²) in [6, 6.07) is 7.39. The van der Waals surface area contributed by atoms with Gasteiger partial charge in [-0.3, -0.25) is 14.2 Å². The van der Waals surface area contributed by atoms with Crippen LogP contribution in [0.15, 0.2) is 41.6 Å². The van der Waals surface area contributed by atoms with E-state index in [2.05, 4.69) is 15.4 Å². The van der Waals surface area contributed by atoms with Crippen LogP contribution < -0.4 is 10.3 Å². The second-order valence-electron chi connectivity index (χ2n) is 8.10. The van der Waals surface area contributed by atoms with Crippen LogP contribution in [0.4, 0.5) is 23.2 Å². The molecule has 0 bridgehead atoms. The van der Waals surface area contributed by atoms with E-state index in [1.807, 2.05) is 6.92 Å². The van der Waals surface area contributed by atoms with Crippen molar-refractivity contribution in [1.82, 2.24) is 19.0 Å². The van der Waals surface area contributed by atoms with Gasteiger partial charge in [0.1, 0.15) is 23.0 Å². The number of aromatic nitrogens is 2. The van der Waals surface area contributed by atoms with Gasteiger partial charge in [0.05, 0.1) is 29.5 Å². The highest BCUT2D eigenvalue weighted by atomic mass is 35.5. The number of rotatable bonds is 6. The highest BCUT2D eigenvalue weighted by Gasteiger charge is 2.51. The maximum Gasteiger partial charge on any atom is 0.516 e. The zero-order valence-corrected chi connectivity index (χ0v) is 21.1. The summed E-state index contributed by atoms with van der Waals surface area (Å²) >= 11 is 6.06. The number of amidine groups is 1. The number of halogens is 5. The summed E-state index contributed by atoms with van der Waals surface area (Å²) in [6.07, 6.45) is 2.08. The van der Waals surface area contributed by atoms with Crippen molar-refractivity contribution in [1.29, 1.82) is 0 Å². The number of carbonyl (C=O) groups excluding carboxylic acids is 1. The topological polar surface area (TPSA) is 99.4 Å². The average Bonchev–Trinajstić information content (AvgIpc) is 3.19. The number of pyridine rings is 1. The molecule has 3 heterocycles. The monoisotopic (exact) mass is 560 g/mol.